The Morgan fingerprint density at radius 3 is 2.34 bits per heavy atom. The summed E-state index contributed by atoms with van der Waals surface area (Å²) in [6.07, 6.45) is 6.14. The fourth-order valence-corrected chi connectivity index (χ4v) is 6.44. The van der Waals surface area contributed by atoms with E-state index in [0.29, 0.717) is 31.3 Å². The summed E-state index contributed by atoms with van der Waals surface area (Å²) < 4.78 is 16.3. The van der Waals surface area contributed by atoms with E-state index in [0.717, 1.165) is 12.0 Å². The van der Waals surface area contributed by atoms with Crippen molar-refractivity contribution in [3.8, 4) is 0 Å². The van der Waals surface area contributed by atoms with Crippen LogP contribution in [0.3, 0.4) is 0 Å². The summed E-state index contributed by atoms with van der Waals surface area (Å²) in [5.41, 5.74) is 0.432. The van der Waals surface area contributed by atoms with Crippen LogP contribution in [0.1, 0.15) is 71.6 Å². The van der Waals surface area contributed by atoms with E-state index in [1.165, 1.54) is 6.26 Å². The summed E-state index contributed by atoms with van der Waals surface area (Å²) in [6, 6.07) is 0. The number of hydrogen-bond donors (Lipinski definition) is 2. The van der Waals surface area contributed by atoms with Crippen molar-refractivity contribution in [1.82, 2.24) is 0 Å². The number of allylic oxidation sites excluding steroid dienone is 2. The number of carboxylic acid groups (broad SMARTS) is 2. The topological polar surface area (TPSA) is 154 Å². The van der Waals surface area contributed by atoms with Crippen LogP contribution >= 0.6 is 0 Å². The number of carbonyl (C=O) groups is 5. The summed E-state index contributed by atoms with van der Waals surface area (Å²) in [6.45, 7) is 8.32. The molecule has 1 aliphatic heterocycles. The first-order valence-electron chi connectivity index (χ1n) is 12.9. The van der Waals surface area contributed by atoms with E-state index in [2.05, 4.69) is 13.5 Å². The molecule has 0 radical (unpaired) electrons. The first kappa shape index (κ1) is 29.1. The number of carbonyl (C=O) groups excluding carboxylic acids is 3. The van der Waals surface area contributed by atoms with E-state index in [1.54, 1.807) is 6.08 Å². The van der Waals surface area contributed by atoms with E-state index in [9.17, 15) is 24.0 Å². The Morgan fingerprint density at radius 1 is 1.08 bits per heavy atom. The molecule has 0 saturated heterocycles. The summed E-state index contributed by atoms with van der Waals surface area (Å²) in [4.78, 5) is 58.6. The molecule has 0 bridgehead atoms. The van der Waals surface area contributed by atoms with Gasteiger partial charge in [0, 0.05) is 5.41 Å². The number of hydrogen-bond acceptors (Lipinski definition) is 8. The van der Waals surface area contributed by atoms with Crippen molar-refractivity contribution in [2.24, 2.45) is 22.7 Å². The van der Waals surface area contributed by atoms with Gasteiger partial charge in [0.05, 0.1) is 37.5 Å². The molecule has 38 heavy (non-hydrogen) atoms. The molecular formula is C28H36O10. The quantitative estimate of drug-likeness (QED) is 0.173. The minimum absolute atomic E-state index is 0.0150. The zero-order chi connectivity index (χ0) is 28.1. The molecule has 208 valence electrons. The lowest BCUT2D eigenvalue weighted by molar-refractivity contribution is -0.194. The smallest absolute Gasteiger partial charge is 0.342 e. The van der Waals surface area contributed by atoms with Gasteiger partial charge < -0.3 is 24.4 Å². The Hall–Kier alpha value is -3.43. The third kappa shape index (κ3) is 6.52. The predicted octanol–water partition coefficient (Wildman–Crippen LogP) is 3.95. The van der Waals surface area contributed by atoms with Crippen molar-refractivity contribution in [3.63, 3.8) is 0 Å². The van der Waals surface area contributed by atoms with Crippen LogP contribution in [0.5, 0.6) is 0 Å². The van der Waals surface area contributed by atoms with Crippen LogP contribution < -0.4 is 0 Å². The van der Waals surface area contributed by atoms with Gasteiger partial charge >= 0.3 is 29.8 Å². The van der Waals surface area contributed by atoms with Gasteiger partial charge in [-0.2, -0.15) is 0 Å². The van der Waals surface area contributed by atoms with Crippen LogP contribution in [0.15, 0.2) is 36.1 Å². The number of rotatable bonds is 11. The zero-order valence-corrected chi connectivity index (χ0v) is 21.9. The van der Waals surface area contributed by atoms with Gasteiger partial charge in [-0.15, -0.1) is 0 Å². The molecule has 10 nitrogen and oxygen atoms in total. The second kappa shape index (κ2) is 12.0. The molecule has 0 amide bonds. The van der Waals surface area contributed by atoms with Crippen LogP contribution in [0.2, 0.25) is 0 Å². The maximum Gasteiger partial charge on any atom is 0.342 e. The molecule has 3 rings (SSSR count). The van der Waals surface area contributed by atoms with Crippen molar-refractivity contribution in [3.05, 3.63) is 36.1 Å². The highest BCUT2D eigenvalue weighted by molar-refractivity contribution is 5.94. The van der Waals surface area contributed by atoms with Gasteiger partial charge in [-0.1, -0.05) is 32.1 Å². The summed E-state index contributed by atoms with van der Waals surface area (Å²) in [5, 5.41) is 17.8. The normalized spacial score (nSPS) is 31.4. The minimum Gasteiger partial charge on any atom is -0.481 e. The molecule has 2 aliphatic carbocycles. The Bertz CT molecular complexity index is 1060. The number of fused-ring (bicyclic) bond motifs is 1. The number of ether oxygens (including phenoxy) is 3. The molecule has 1 unspecified atom stereocenters. The minimum atomic E-state index is -1.10. The lowest BCUT2D eigenvalue weighted by Crippen LogP contribution is -2.58. The van der Waals surface area contributed by atoms with Gasteiger partial charge in [0.15, 0.2) is 0 Å². The Labute approximate surface area is 221 Å². The van der Waals surface area contributed by atoms with E-state index in [4.69, 9.17) is 24.4 Å². The maximum atomic E-state index is 12.5. The maximum absolute atomic E-state index is 12.5. The highest BCUT2D eigenvalue weighted by Crippen LogP contribution is 2.62. The van der Waals surface area contributed by atoms with Crippen LogP contribution in [-0.4, -0.2) is 52.8 Å². The number of esters is 3. The second-order valence-electron chi connectivity index (χ2n) is 10.9. The summed E-state index contributed by atoms with van der Waals surface area (Å²) >= 11 is 0. The van der Waals surface area contributed by atoms with Crippen LogP contribution in [0, 0.1) is 22.7 Å². The molecule has 0 aromatic heterocycles. The number of cyclic esters (lactones) is 1. The molecule has 2 fully saturated rings. The van der Waals surface area contributed by atoms with Gasteiger partial charge in [-0.3, -0.25) is 19.2 Å². The van der Waals surface area contributed by atoms with E-state index in [1.807, 2.05) is 13.0 Å². The molecule has 0 aromatic rings. The zero-order valence-electron chi connectivity index (χ0n) is 21.9. The molecular weight excluding hydrogens is 496 g/mol. The molecule has 2 N–H and O–H groups in total. The van der Waals surface area contributed by atoms with Gasteiger partial charge in [-0.25, -0.2) is 4.79 Å². The van der Waals surface area contributed by atoms with Crippen LogP contribution in [-0.2, 0) is 38.2 Å². The lowest BCUT2D eigenvalue weighted by atomic mass is 9.46. The lowest BCUT2D eigenvalue weighted by Gasteiger charge is -2.60. The SMILES string of the molecule is C=C1CCC2[C@](C)(COC(=O)CCC(=O)O)[C@H](OC(=O)CCC(=O)O)CC[C@@]2(C)[C@@H]1C/C=C1\C=COC1=O. The summed E-state index contributed by atoms with van der Waals surface area (Å²) in [7, 11) is 0. The molecule has 3 aliphatic rings. The standard InChI is InChI=1S/C28H36O10/c1-17-4-7-20-27(2,19(17)6-5-18-13-15-36-26(18)35)14-12-21(38-25(34)11-9-23(31)32)28(20,3)16-37-24(33)10-8-22(29)30/h5,13,15,19-21H,1,4,6-12,14,16H2,2-3H3,(H,29,30)(H,31,32)/b18-5+/t19-,20?,21-,27+,28+/m1/s1. The summed E-state index contributed by atoms with van der Waals surface area (Å²) in [5.74, 6) is -3.93. The Balaban J connectivity index is 1.86. The van der Waals surface area contributed by atoms with Crippen molar-refractivity contribution in [2.45, 2.75) is 77.7 Å². The van der Waals surface area contributed by atoms with Crippen LogP contribution in [0.4, 0.5) is 0 Å². The fraction of sp³-hybridized carbons (Fsp3) is 0.607. The number of carboxylic acids is 2. The largest absolute Gasteiger partial charge is 0.481 e. The first-order valence-corrected chi connectivity index (χ1v) is 12.9. The van der Waals surface area contributed by atoms with E-state index >= 15 is 0 Å². The molecule has 5 atom stereocenters. The van der Waals surface area contributed by atoms with E-state index in [-0.39, 0.29) is 49.5 Å². The third-order valence-corrected chi connectivity index (χ3v) is 8.45. The van der Waals surface area contributed by atoms with Gasteiger partial charge in [-0.05, 0) is 55.4 Å². The fourth-order valence-electron chi connectivity index (χ4n) is 6.44. The van der Waals surface area contributed by atoms with Crippen LogP contribution in [0.25, 0.3) is 0 Å². The molecule has 1 heterocycles. The number of aliphatic carboxylic acids is 2. The molecule has 0 aromatic carbocycles. The third-order valence-electron chi connectivity index (χ3n) is 8.45. The average molecular weight is 533 g/mol. The highest BCUT2D eigenvalue weighted by atomic mass is 16.6. The van der Waals surface area contributed by atoms with Crippen molar-refractivity contribution in [1.29, 1.82) is 0 Å². The van der Waals surface area contributed by atoms with Crippen molar-refractivity contribution < 1.29 is 48.4 Å². The van der Waals surface area contributed by atoms with Gasteiger partial charge in [0.25, 0.3) is 0 Å². The van der Waals surface area contributed by atoms with Crippen molar-refractivity contribution in [2.75, 3.05) is 6.61 Å². The van der Waals surface area contributed by atoms with Gasteiger partial charge in [0.1, 0.15) is 12.7 Å². The molecule has 0 spiro atoms. The van der Waals surface area contributed by atoms with E-state index < -0.39 is 41.4 Å². The Kier molecular flexibility index (Phi) is 9.17. The average Bonchev–Trinajstić information content (AvgIpc) is 3.26. The van der Waals surface area contributed by atoms with Gasteiger partial charge in [0.2, 0.25) is 0 Å². The molecule has 10 heteroatoms. The predicted molar refractivity (Wildman–Crippen MR) is 133 cm³/mol. The molecule has 2 saturated carbocycles. The monoisotopic (exact) mass is 532 g/mol. The van der Waals surface area contributed by atoms with Crippen molar-refractivity contribution >= 4 is 29.8 Å². The second-order valence-corrected chi connectivity index (χ2v) is 10.9. The first-order chi connectivity index (χ1) is 17.9. The highest BCUT2D eigenvalue weighted by Gasteiger charge is 2.59. The Morgan fingerprint density at radius 2 is 1.74 bits per heavy atom.